The lowest BCUT2D eigenvalue weighted by atomic mass is 9.55. The summed E-state index contributed by atoms with van der Waals surface area (Å²) in [5, 5.41) is 20.6. The largest absolute Gasteiger partial charge is 0.507 e. The molecule has 0 unspecified atom stereocenters. The number of halogens is 2. The first kappa shape index (κ1) is 15.9. The van der Waals surface area contributed by atoms with Crippen molar-refractivity contribution in [2.75, 3.05) is 0 Å². The van der Waals surface area contributed by atoms with E-state index in [0.717, 1.165) is 28.8 Å². The number of aryl methyl sites for hydroxylation is 1. The van der Waals surface area contributed by atoms with Crippen LogP contribution in [0.2, 0.25) is 0 Å². The molecule has 2 saturated carbocycles. The number of phenolic OH excluding ortho intramolecular Hbond substituents is 1. The Labute approximate surface area is 159 Å². The summed E-state index contributed by atoms with van der Waals surface area (Å²) >= 11 is 4.71. The summed E-state index contributed by atoms with van der Waals surface area (Å²) in [6, 6.07) is 2.01. The zero-order chi connectivity index (χ0) is 15.6. The van der Waals surface area contributed by atoms with Crippen LogP contribution in [0.1, 0.15) is 56.1 Å². The van der Waals surface area contributed by atoms with Crippen molar-refractivity contribution in [1.82, 2.24) is 0 Å². The van der Waals surface area contributed by atoms with Gasteiger partial charge in [0.2, 0.25) is 0 Å². The van der Waals surface area contributed by atoms with Crippen LogP contribution in [-0.4, -0.2) is 16.3 Å². The van der Waals surface area contributed by atoms with Crippen LogP contribution in [0.5, 0.6) is 5.75 Å². The monoisotopic (exact) mass is 524 g/mol. The minimum Gasteiger partial charge on any atom is -0.507 e. The predicted molar refractivity (Wildman–Crippen MR) is 104 cm³/mol. The quantitative estimate of drug-likeness (QED) is 0.479. The van der Waals surface area contributed by atoms with E-state index in [2.05, 4.69) is 52.1 Å². The second-order valence-electron chi connectivity index (χ2n) is 7.65. The van der Waals surface area contributed by atoms with Crippen LogP contribution in [-0.2, 0) is 6.42 Å². The molecule has 0 radical (unpaired) electrons. The van der Waals surface area contributed by atoms with E-state index in [0.29, 0.717) is 17.6 Å². The van der Waals surface area contributed by atoms with E-state index in [-0.39, 0.29) is 11.5 Å². The van der Waals surface area contributed by atoms with Crippen molar-refractivity contribution in [3.63, 3.8) is 0 Å². The first-order valence-corrected chi connectivity index (χ1v) is 10.5. The van der Waals surface area contributed by atoms with Gasteiger partial charge >= 0.3 is 0 Å². The molecule has 0 saturated heterocycles. The van der Waals surface area contributed by atoms with Crippen molar-refractivity contribution >= 4 is 45.2 Å². The van der Waals surface area contributed by atoms with Gasteiger partial charge in [0, 0.05) is 3.57 Å². The standard InChI is InChI=1S/C18H22I2O2/c1-18-7-6-11-10(12(18)4-5-14(18)22)3-2-9-8-13(21)16(19)17(20)15(9)11/h8,10-12,14,21-22H,2-7H2,1H3/t10-,11-,12-,14-,18-/m0/s1. The number of benzene rings is 1. The molecule has 1 aromatic rings. The van der Waals surface area contributed by atoms with E-state index in [1.165, 1.54) is 34.0 Å². The van der Waals surface area contributed by atoms with E-state index in [9.17, 15) is 10.2 Å². The maximum Gasteiger partial charge on any atom is 0.130 e. The van der Waals surface area contributed by atoms with Crippen LogP contribution in [0.4, 0.5) is 0 Å². The first-order chi connectivity index (χ1) is 10.4. The lowest BCUT2D eigenvalue weighted by molar-refractivity contribution is -0.0227. The molecule has 120 valence electrons. The highest BCUT2D eigenvalue weighted by Crippen LogP contribution is 2.61. The predicted octanol–water partition coefficient (Wildman–Crippen LogP) is 4.82. The maximum atomic E-state index is 10.5. The molecule has 0 spiro atoms. The fourth-order valence-corrected chi connectivity index (χ4v) is 7.10. The van der Waals surface area contributed by atoms with Gasteiger partial charge in [-0.25, -0.2) is 0 Å². The number of aliphatic hydroxyl groups excluding tert-OH is 1. The van der Waals surface area contributed by atoms with Crippen LogP contribution in [0.15, 0.2) is 6.07 Å². The van der Waals surface area contributed by atoms with Crippen LogP contribution >= 0.6 is 45.2 Å². The number of phenols is 1. The molecule has 2 N–H and O–H groups in total. The molecule has 0 aliphatic heterocycles. The Balaban J connectivity index is 1.78. The van der Waals surface area contributed by atoms with Gasteiger partial charge in [0.25, 0.3) is 0 Å². The highest BCUT2D eigenvalue weighted by molar-refractivity contribution is 14.1. The average molecular weight is 524 g/mol. The van der Waals surface area contributed by atoms with E-state index < -0.39 is 0 Å². The fourth-order valence-electron chi connectivity index (χ4n) is 5.63. The van der Waals surface area contributed by atoms with Gasteiger partial charge in [-0.2, -0.15) is 0 Å². The molecular weight excluding hydrogens is 502 g/mol. The van der Waals surface area contributed by atoms with Gasteiger partial charge in [-0.3, -0.25) is 0 Å². The molecule has 1 aromatic carbocycles. The van der Waals surface area contributed by atoms with Crippen LogP contribution in [0.25, 0.3) is 0 Å². The van der Waals surface area contributed by atoms with Gasteiger partial charge in [0.1, 0.15) is 5.75 Å². The second-order valence-corrected chi connectivity index (χ2v) is 9.81. The zero-order valence-electron chi connectivity index (χ0n) is 12.8. The maximum absolute atomic E-state index is 10.5. The Morgan fingerprint density at radius 1 is 1.14 bits per heavy atom. The smallest absolute Gasteiger partial charge is 0.130 e. The molecule has 0 amide bonds. The lowest BCUT2D eigenvalue weighted by Gasteiger charge is -2.50. The molecular formula is C18H22I2O2. The number of fused-ring (bicyclic) bond motifs is 5. The number of aromatic hydroxyl groups is 1. The summed E-state index contributed by atoms with van der Waals surface area (Å²) in [6.45, 7) is 2.33. The third-order valence-electron chi connectivity index (χ3n) is 6.82. The average Bonchev–Trinajstić information content (AvgIpc) is 2.80. The number of hydrogen-bond donors (Lipinski definition) is 2. The van der Waals surface area contributed by atoms with Gasteiger partial charge in [-0.15, -0.1) is 0 Å². The van der Waals surface area contributed by atoms with Gasteiger partial charge in [-0.05, 0) is 124 Å². The minimum atomic E-state index is -0.0983. The van der Waals surface area contributed by atoms with Crippen molar-refractivity contribution in [3.8, 4) is 5.75 Å². The number of aliphatic hydroxyl groups is 1. The summed E-state index contributed by atoms with van der Waals surface area (Å²) < 4.78 is 2.28. The topological polar surface area (TPSA) is 40.5 Å². The van der Waals surface area contributed by atoms with Crippen molar-refractivity contribution in [1.29, 1.82) is 0 Å². The van der Waals surface area contributed by atoms with Crippen LogP contribution in [0, 0.1) is 24.4 Å². The van der Waals surface area contributed by atoms with Gasteiger partial charge in [0.15, 0.2) is 0 Å². The third-order valence-corrected chi connectivity index (χ3v) is 10.1. The van der Waals surface area contributed by atoms with Crippen molar-refractivity contribution < 1.29 is 10.2 Å². The van der Waals surface area contributed by atoms with Crippen molar-refractivity contribution in [2.45, 2.75) is 57.5 Å². The minimum absolute atomic E-state index is 0.0983. The molecule has 5 atom stereocenters. The lowest BCUT2D eigenvalue weighted by Crippen LogP contribution is -2.44. The van der Waals surface area contributed by atoms with Crippen LogP contribution < -0.4 is 0 Å². The number of hydrogen-bond acceptors (Lipinski definition) is 2. The highest BCUT2D eigenvalue weighted by Gasteiger charge is 2.54. The first-order valence-electron chi connectivity index (χ1n) is 8.31. The molecule has 0 aromatic heterocycles. The van der Waals surface area contributed by atoms with Gasteiger partial charge in [0.05, 0.1) is 9.67 Å². The van der Waals surface area contributed by atoms with E-state index in [1.54, 1.807) is 0 Å². The molecule has 2 fully saturated rings. The Morgan fingerprint density at radius 2 is 1.91 bits per heavy atom. The highest BCUT2D eigenvalue weighted by atomic mass is 127. The van der Waals surface area contributed by atoms with E-state index in [1.807, 2.05) is 6.07 Å². The van der Waals surface area contributed by atoms with Crippen molar-refractivity contribution in [3.05, 3.63) is 24.3 Å². The summed E-state index contributed by atoms with van der Waals surface area (Å²) in [6.07, 6.45) is 6.73. The summed E-state index contributed by atoms with van der Waals surface area (Å²) in [5.74, 6) is 2.47. The summed E-state index contributed by atoms with van der Waals surface area (Å²) in [5.41, 5.74) is 3.03. The fraction of sp³-hybridized carbons (Fsp3) is 0.667. The third kappa shape index (κ3) is 2.11. The molecule has 2 nitrogen and oxygen atoms in total. The Morgan fingerprint density at radius 3 is 2.68 bits per heavy atom. The molecule has 0 bridgehead atoms. The molecule has 3 aliphatic carbocycles. The molecule has 4 heteroatoms. The SMILES string of the molecule is C[C@]12CC[C@@H]3c4c(cc(O)c(I)c4I)CC[C@@H]3[C@@H]1CC[C@@H]2O. The zero-order valence-corrected chi connectivity index (χ0v) is 17.1. The van der Waals surface area contributed by atoms with E-state index >= 15 is 0 Å². The van der Waals surface area contributed by atoms with Crippen LogP contribution in [0.3, 0.4) is 0 Å². The molecule has 4 rings (SSSR count). The molecule has 22 heavy (non-hydrogen) atoms. The van der Waals surface area contributed by atoms with Gasteiger partial charge in [-0.1, -0.05) is 6.92 Å². The van der Waals surface area contributed by atoms with E-state index in [4.69, 9.17) is 0 Å². The Bertz CT molecular complexity index is 630. The van der Waals surface area contributed by atoms with Gasteiger partial charge < -0.3 is 10.2 Å². The Kier molecular flexibility index (Phi) is 3.97. The summed E-state index contributed by atoms with van der Waals surface area (Å²) in [4.78, 5) is 0. The Hall–Kier alpha value is 0.440. The number of rotatable bonds is 0. The molecule has 0 heterocycles. The van der Waals surface area contributed by atoms with Crippen molar-refractivity contribution in [2.24, 2.45) is 17.3 Å². The second kappa shape index (κ2) is 5.48. The normalized spacial score (nSPS) is 40.0. The molecule has 3 aliphatic rings. The summed E-state index contributed by atoms with van der Waals surface area (Å²) in [7, 11) is 0.